The number of nitrogens with one attached hydrogen (secondary N) is 1. The maximum Gasteiger partial charge on any atom is 0.240 e. The average Bonchev–Trinajstić information content (AvgIpc) is 2.36. The normalized spacial score (nSPS) is 10.6. The fraction of sp³-hybridized carbons (Fsp3) is 0.429. The minimum atomic E-state index is -0.00622. The Labute approximate surface area is 103 Å². The Bertz CT molecular complexity index is 346. The molecule has 0 aromatic heterocycles. The molecule has 0 radical (unpaired) electrons. The summed E-state index contributed by atoms with van der Waals surface area (Å²) in [5, 5.41) is 3.92. The Morgan fingerprint density at radius 1 is 1.24 bits per heavy atom. The summed E-state index contributed by atoms with van der Waals surface area (Å²) in [6, 6.07) is 9.71. The third-order valence-corrected chi connectivity index (χ3v) is 2.46. The van der Waals surface area contributed by atoms with Gasteiger partial charge >= 0.3 is 0 Å². The van der Waals surface area contributed by atoms with Gasteiger partial charge in [0.1, 0.15) is 0 Å². The highest BCUT2D eigenvalue weighted by molar-refractivity contribution is 5.82. The molecule has 0 heterocycles. The first-order valence-electron chi connectivity index (χ1n) is 6.20. The second-order valence-electron chi connectivity index (χ2n) is 4.01. The van der Waals surface area contributed by atoms with Crippen LogP contribution in [0.3, 0.4) is 0 Å². The molecule has 0 aliphatic rings. The minimum absolute atomic E-state index is 0.00622. The molecule has 0 saturated heterocycles. The largest absolute Gasteiger partial charge is 0.273 e. The zero-order valence-electron chi connectivity index (χ0n) is 10.4. The van der Waals surface area contributed by atoms with Crippen molar-refractivity contribution in [3.05, 3.63) is 35.9 Å². The maximum atomic E-state index is 11.4. The highest BCUT2D eigenvalue weighted by atomic mass is 16.2. The molecule has 0 atom stereocenters. The Kier molecular flexibility index (Phi) is 6.72. The summed E-state index contributed by atoms with van der Waals surface area (Å²) in [6.45, 7) is 2.16. The predicted octanol–water partition coefficient (Wildman–Crippen LogP) is 3.11. The summed E-state index contributed by atoms with van der Waals surface area (Å²) in [4.78, 5) is 11.4. The highest BCUT2D eigenvalue weighted by Crippen LogP contribution is 2.01. The molecule has 1 aromatic rings. The number of amides is 1. The van der Waals surface area contributed by atoms with E-state index in [1.165, 1.54) is 12.8 Å². The molecular weight excluding hydrogens is 212 g/mol. The van der Waals surface area contributed by atoms with Gasteiger partial charge in [0.15, 0.2) is 0 Å². The van der Waals surface area contributed by atoms with Crippen molar-refractivity contribution in [3.63, 3.8) is 0 Å². The Morgan fingerprint density at radius 2 is 2.00 bits per heavy atom. The van der Waals surface area contributed by atoms with E-state index in [9.17, 15) is 4.79 Å². The van der Waals surface area contributed by atoms with Crippen molar-refractivity contribution in [1.29, 1.82) is 0 Å². The third-order valence-electron chi connectivity index (χ3n) is 2.46. The van der Waals surface area contributed by atoms with Crippen LogP contribution in [0.2, 0.25) is 0 Å². The molecule has 3 nitrogen and oxygen atoms in total. The molecule has 0 aliphatic carbocycles. The van der Waals surface area contributed by atoms with E-state index < -0.39 is 0 Å². The second-order valence-corrected chi connectivity index (χ2v) is 4.01. The lowest BCUT2D eigenvalue weighted by atomic mass is 10.1. The molecule has 0 saturated carbocycles. The van der Waals surface area contributed by atoms with Crippen molar-refractivity contribution in [3.8, 4) is 0 Å². The Morgan fingerprint density at radius 3 is 2.71 bits per heavy atom. The van der Waals surface area contributed by atoms with Crippen LogP contribution in [-0.2, 0) is 4.79 Å². The van der Waals surface area contributed by atoms with Crippen molar-refractivity contribution >= 4 is 12.1 Å². The maximum absolute atomic E-state index is 11.4. The molecule has 0 bridgehead atoms. The zero-order valence-corrected chi connectivity index (χ0v) is 10.4. The van der Waals surface area contributed by atoms with Gasteiger partial charge in [-0.2, -0.15) is 5.10 Å². The number of carbonyl (C=O) groups excluding carboxylic acids is 1. The topological polar surface area (TPSA) is 41.5 Å². The van der Waals surface area contributed by atoms with Gasteiger partial charge in [0.25, 0.3) is 0 Å². The monoisotopic (exact) mass is 232 g/mol. The first kappa shape index (κ1) is 13.4. The molecule has 3 heteroatoms. The van der Waals surface area contributed by atoms with Gasteiger partial charge in [0.05, 0.1) is 6.21 Å². The lowest BCUT2D eigenvalue weighted by Gasteiger charge is -1.99. The summed E-state index contributed by atoms with van der Waals surface area (Å²) in [6.07, 6.45) is 6.66. The molecule has 1 N–H and O–H groups in total. The number of unbranched alkanes of at least 4 members (excludes halogenated alkanes) is 3. The summed E-state index contributed by atoms with van der Waals surface area (Å²) in [7, 11) is 0. The van der Waals surface area contributed by atoms with Crippen molar-refractivity contribution in [1.82, 2.24) is 5.43 Å². The van der Waals surface area contributed by atoms with E-state index in [0.717, 1.165) is 18.4 Å². The average molecular weight is 232 g/mol. The van der Waals surface area contributed by atoms with Crippen LogP contribution in [0.1, 0.15) is 44.6 Å². The Hall–Kier alpha value is -1.64. The number of carbonyl (C=O) groups is 1. The molecule has 92 valence electrons. The first-order chi connectivity index (χ1) is 8.33. The molecule has 17 heavy (non-hydrogen) atoms. The quantitative estimate of drug-likeness (QED) is 0.438. The van der Waals surface area contributed by atoms with Gasteiger partial charge in [0, 0.05) is 6.42 Å². The summed E-state index contributed by atoms with van der Waals surface area (Å²) >= 11 is 0. The van der Waals surface area contributed by atoms with Gasteiger partial charge in [0.2, 0.25) is 5.91 Å². The van der Waals surface area contributed by atoms with Crippen molar-refractivity contribution in [2.45, 2.75) is 39.0 Å². The van der Waals surface area contributed by atoms with E-state index >= 15 is 0 Å². The van der Waals surface area contributed by atoms with Crippen LogP contribution in [0.5, 0.6) is 0 Å². The lowest BCUT2D eigenvalue weighted by Crippen LogP contribution is -2.16. The van der Waals surface area contributed by atoms with Gasteiger partial charge in [-0.05, 0) is 12.0 Å². The lowest BCUT2D eigenvalue weighted by molar-refractivity contribution is -0.121. The van der Waals surface area contributed by atoms with E-state index in [-0.39, 0.29) is 5.91 Å². The Balaban J connectivity index is 2.17. The van der Waals surface area contributed by atoms with Crippen molar-refractivity contribution in [2.75, 3.05) is 0 Å². The van der Waals surface area contributed by atoms with Crippen molar-refractivity contribution in [2.24, 2.45) is 5.10 Å². The number of hydrazone groups is 1. The molecular formula is C14H20N2O. The first-order valence-corrected chi connectivity index (χ1v) is 6.20. The van der Waals surface area contributed by atoms with Gasteiger partial charge in [-0.15, -0.1) is 0 Å². The van der Waals surface area contributed by atoms with Gasteiger partial charge in [-0.3, -0.25) is 4.79 Å². The van der Waals surface area contributed by atoms with Crippen LogP contribution in [0.15, 0.2) is 35.4 Å². The van der Waals surface area contributed by atoms with E-state index in [4.69, 9.17) is 0 Å². The van der Waals surface area contributed by atoms with Crippen LogP contribution < -0.4 is 5.43 Å². The van der Waals surface area contributed by atoms with Crippen LogP contribution in [0, 0.1) is 0 Å². The molecule has 0 aliphatic heterocycles. The summed E-state index contributed by atoms with van der Waals surface area (Å²) in [5.74, 6) is -0.00622. The van der Waals surface area contributed by atoms with Gasteiger partial charge in [-0.25, -0.2) is 5.43 Å². The predicted molar refractivity (Wildman–Crippen MR) is 70.9 cm³/mol. The third kappa shape index (κ3) is 6.51. The standard InChI is InChI=1S/C14H20N2O/c1-2-3-4-8-11-14(17)16-15-12-13-9-6-5-7-10-13/h5-7,9-10,12H,2-4,8,11H2,1H3,(H,16,17)/b15-12-. The van der Waals surface area contributed by atoms with Crippen LogP contribution in [0.25, 0.3) is 0 Å². The summed E-state index contributed by atoms with van der Waals surface area (Å²) < 4.78 is 0. The molecule has 1 aromatic carbocycles. The fourth-order valence-electron chi connectivity index (χ4n) is 1.49. The molecule has 0 spiro atoms. The van der Waals surface area contributed by atoms with E-state index in [0.29, 0.717) is 6.42 Å². The zero-order chi connectivity index (χ0) is 12.3. The van der Waals surface area contributed by atoms with E-state index in [1.807, 2.05) is 30.3 Å². The second kappa shape index (κ2) is 8.50. The number of benzene rings is 1. The fourth-order valence-corrected chi connectivity index (χ4v) is 1.49. The number of hydrogen-bond acceptors (Lipinski definition) is 2. The highest BCUT2D eigenvalue weighted by Gasteiger charge is 1.98. The van der Waals surface area contributed by atoms with Crippen molar-refractivity contribution < 1.29 is 4.79 Å². The van der Waals surface area contributed by atoms with Crippen LogP contribution in [-0.4, -0.2) is 12.1 Å². The van der Waals surface area contributed by atoms with E-state index in [2.05, 4.69) is 17.5 Å². The number of hydrogen-bond donors (Lipinski definition) is 1. The van der Waals surface area contributed by atoms with Crippen LogP contribution >= 0.6 is 0 Å². The molecule has 1 rings (SSSR count). The summed E-state index contributed by atoms with van der Waals surface area (Å²) in [5.41, 5.74) is 3.52. The number of nitrogens with zero attached hydrogens (tertiary/aromatic N) is 1. The van der Waals surface area contributed by atoms with Gasteiger partial charge in [-0.1, -0.05) is 56.5 Å². The SMILES string of the molecule is CCCCCCC(=O)N/N=C\c1ccccc1. The minimum Gasteiger partial charge on any atom is -0.273 e. The van der Waals surface area contributed by atoms with Gasteiger partial charge < -0.3 is 0 Å². The van der Waals surface area contributed by atoms with E-state index in [1.54, 1.807) is 6.21 Å². The molecule has 0 fully saturated rings. The molecule has 1 amide bonds. The molecule has 0 unspecified atom stereocenters. The van der Waals surface area contributed by atoms with Crippen LogP contribution in [0.4, 0.5) is 0 Å². The smallest absolute Gasteiger partial charge is 0.240 e. The number of rotatable bonds is 7.